The van der Waals surface area contributed by atoms with Gasteiger partial charge in [0.25, 0.3) is 0 Å². The Kier molecular flexibility index (Phi) is 2.77. The molecule has 1 heterocycles. The normalized spacial score (nSPS) is 19.5. The summed E-state index contributed by atoms with van der Waals surface area (Å²) in [5, 5.41) is 2.44. The molecule has 3 N–H and O–H groups in total. The van der Waals surface area contributed by atoms with E-state index in [-0.39, 0.29) is 5.92 Å². The Bertz CT molecular complexity index is 294. The van der Waals surface area contributed by atoms with Gasteiger partial charge in [-0.1, -0.05) is 0 Å². The van der Waals surface area contributed by atoms with Crippen LogP contribution < -0.4 is 11.1 Å². The van der Waals surface area contributed by atoms with E-state index in [4.69, 9.17) is 5.73 Å². The second kappa shape index (κ2) is 3.51. The monoisotopic (exact) mass is 207 g/mol. The predicted octanol–water partition coefficient (Wildman–Crippen LogP) is -1.45. The molecular formula is C6H13N3O3S. The molecule has 1 rings (SSSR count). The Hall–Kier alpha value is -0.820. The van der Waals surface area contributed by atoms with Gasteiger partial charge < -0.3 is 11.1 Å². The van der Waals surface area contributed by atoms with Crippen molar-refractivity contribution in [3.8, 4) is 0 Å². The number of primary amides is 1. The highest BCUT2D eigenvalue weighted by Crippen LogP contribution is 2.17. The number of hydrogen-bond acceptors (Lipinski definition) is 3. The van der Waals surface area contributed by atoms with Crippen LogP contribution in [-0.2, 0) is 10.0 Å². The Balaban J connectivity index is 2.23. The zero-order valence-corrected chi connectivity index (χ0v) is 8.17. The molecule has 0 unspecified atom stereocenters. The van der Waals surface area contributed by atoms with Crippen molar-refractivity contribution >= 4 is 16.1 Å². The molecule has 0 bridgehead atoms. The van der Waals surface area contributed by atoms with Crippen molar-refractivity contribution < 1.29 is 13.2 Å². The second-order valence-electron chi connectivity index (χ2n) is 3.19. The van der Waals surface area contributed by atoms with Crippen molar-refractivity contribution in [2.45, 2.75) is 0 Å². The largest absolute Gasteiger partial charge is 0.352 e. The van der Waals surface area contributed by atoms with E-state index in [1.54, 1.807) is 0 Å². The number of nitrogens with zero attached hydrogens (tertiary/aromatic N) is 1. The number of nitrogens with two attached hydrogens (primary N) is 1. The molecule has 1 aliphatic heterocycles. The van der Waals surface area contributed by atoms with Gasteiger partial charge in [0, 0.05) is 25.6 Å². The molecule has 1 saturated heterocycles. The van der Waals surface area contributed by atoms with Crippen molar-refractivity contribution in [1.29, 1.82) is 0 Å². The minimum Gasteiger partial charge on any atom is -0.352 e. The maximum atomic E-state index is 10.9. The third kappa shape index (κ3) is 2.85. The molecule has 6 nitrogen and oxygen atoms in total. The third-order valence-corrected chi connectivity index (χ3v) is 3.19. The zero-order valence-electron chi connectivity index (χ0n) is 7.36. The first-order valence-corrected chi connectivity index (χ1v) is 5.73. The Morgan fingerprint density at radius 1 is 1.62 bits per heavy atom. The van der Waals surface area contributed by atoms with Crippen molar-refractivity contribution in [2.75, 3.05) is 25.9 Å². The number of amides is 2. The van der Waals surface area contributed by atoms with E-state index >= 15 is 0 Å². The van der Waals surface area contributed by atoms with Gasteiger partial charge in [-0.2, -0.15) is 0 Å². The Morgan fingerprint density at radius 3 is 2.54 bits per heavy atom. The van der Waals surface area contributed by atoms with Crippen molar-refractivity contribution in [3.05, 3.63) is 0 Å². The average Bonchev–Trinajstić information content (AvgIpc) is 1.79. The fourth-order valence-corrected chi connectivity index (χ4v) is 2.13. The summed E-state index contributed by atoms with van der Waals surface area (Å²) < 4.78 is 23.2. The van der Waals surface area contributed by atoms with Crippen LogP contribution in [0.25, 0.3) is 0 Å². The fraction of sp³-hybridized carbons (Fsp3) is 0.833. The summed E-state index contributed by atoms with van der Waals surface area (Å²) in [6.07, 6.45) is 1.17. The molecule has 1 fully saturated rings. The van der Waals surface area contributed by atoms with Gasteiger partial charge in [0.1, 0.15) is 0 Å². The predicted molar refractivity (Wildman–Crippen MR) is 47.5 cm³/mol. The lowest BCUT2D eigenvalue weighted by Gasteiger charge is -2.36. The highest BCUT2D eigenvalue weighted by atomic mass is 32.2. The standard InChI is InChI=1S/C6H13N3O3S/c1-13(11,12)9-3-5(4-9)2-8-6(7)10/h5H,2-4H2,1H3,(H3,7,8,10). The van der Waals surface area contributed by atoms with E-state index in [2.05, 4.69) is 5.32 Å². The molecule has 0 radical (unpaired) electrons. The van der Waals surface area contributed by atoms with Crippen LogP contribution in [-0.4, -0.2) is 44.6 Å². The molecule has 0 atom stereocenters. The number of carbonyl (C=O) groups excluding carboxylic acids is 1. The first-order chi connectivity index (χ1) is 5.89. The van der Waals surface area contributed by atoms with E-state index in [1.165, 1.54) is 10.6 Å². The highest BCUT2D eigenvalue weighted by molar-refractivity contribution is 7.88. The summed E-state index contributed by atoms with van der Waals surface area (Å²) in [7, 11) is -3.05. The van der Waals surface area contributed by atoms with Gasteiger partial charge in [-0.15, -0.1) is 0 Å². The number of urea groups is 1. The fourth-order valence-electron chi connectivity index (χ4n) is 1.17. The van der Waals surface area contributed by atoms with E-state index in [1.807, 2.05) is 0 Å². The molecule has 2 amide bonds. The van der Waals surface area contributed by atoms with Crippen LogP contribution in [0.2, 0.25) is 0 Å². The SMILES string of the molecule is CS(=O)(=O)N1CC(CNC(N)=O)C1. The number of carbonyl (C=O) groups is 1. The van der Waals surface area contributed by atoms with Crippen molar-refractivity contribution in [2.24, 2.45) is 11.7 Å². The summed E-state index contributed by atoms with van der Waals surface area (Å²) in [4.78, 5) is 10.3. The van der Waals surface area contributed by atoms with Crippen LogP contribution in [0.4, 0.5) is 4.79 Å². The molecule has 0 aromatic rings. The average molecular weight is 207 g/mol. The van der Waals surface area contributed by atoms with E-state index in [9.17, 15) is 13.2 Å². The van der Waals surface area contributed by atoms with E-state index < -0.39 is 16.1 Å². The van der Waals surface area contributed by atoms with Crippen molar-refractivity contribution in [1.82, 2.24) is 9.62 Å². The first kappa shape index (κ1) is 10.3. The van der Waals surface area contributed by atoms with Gasteiger partial charge in [-0.05, 0) is 0 Å². The molecule has 7 heteroatoms. The summed E-state index contributed by atoms with van der Waals surface area (Å²) in [6.45, 7) is 1.39. The van der Waals surface area contributed by atoms with Crippen LogP contribution in [0.5, 0.6) is 0 Å². The molecule has 0 aromatic carbocycles. The molecule has 0 saturated carbocycles. The maximum Gasteiger partial charge on any atom is 0.312 e. The molecular weight excluding hydrogens is 194 g/mol. The molecule has 76 valence electrons. The minimum atomic E-state index is -3.05. The number of nitrogens with one attached hydrogen (secondary N) is 1. The van der Waals surface area contributed by atoms with E-state index in [0.29, 0.717) is 19.6 Å². The topological polar surface area (TPSA) is 92.5 Å². The van der Waals surface area contributed by atoms with E-state index in [0.717, 1.165) is 0 Å². The van der Waals surface area contributed by atoms with Crippen LogP contribution in [0.1, 0.15) is 0 Å². The summed E-state index contributed by atoms with van der Waals surface area (Å²) >= 11 is 0. The maximum absolute atomic E-state index is 10.9. The number of sulfonamides is 1. The second-order valence-corrected chi connectivity index (χ2v) is 5.17. The quantitative estimate of drug-likeness (QED) is 0.592. The minimum absolute atomic E-state index is 0.197. The van der Waals surface area contributed by atoms with Crippen molar-refractivity contribution in [3.63, 3.8) is 0 Å². The summed E-state index contributed by atoms with van der Waals surface area (Å²) in [5.41, 5.74) is 4.86. The molecule has 1 aliphatic rings. The smallest absolute Gasteiger partial charge is 0.312 e. The van der Waals surface area contributed by atoms with Gasteiger partial charge >= 0.3 is 6.03 Å². The summed E-state index contributed by atoms with van der Waals surface area (Å²) in [5.74, 6) is 0.197. The van der Waals surface area contributed by atoms with Gasteiger partial charge in [0.15, 0.2) is 0 Å². The molecule has 0 spiro atoms. The Morgan fingerprint density at radius 2 is 2.15 bits per heavy atom. The third-order valence-electron chi connectivity index (χ3n) is 1.96. The van der Waals surface area contributed by atoms with Gasteiger partial charge in [0.2, 0.25) is 10.0 Å². The van der Waals surface area contributed by atoms with Gasteiger partial charge in [-0.3, -0.25) is 0 Å². The Labute approximate surface area is 77.1 Å². The van der Waals surface area contributed by atoms with Gasteiger partial charge in [-0.25, -0.2) is 17.5 Å². The molecule has 0 aliphatic carbocycles. The lowest BCUT2D eigenvalue weighted by Crippen LogP contribution is -2.53. The molecule has 0 aromatic heterocycles. The lowest BCUT2D eigenvalue weighted by molar-refractivity contribution is 0.195. The highest BCUT2D eigenvalue weighted by Gasteiger charge is 2.32. The lowest BCUT2D eigenvalue weighted by atomic mass is 10.0. The summed E-state index contributed by atoms with van der Waals surface area (Å²) in [6, 6.07) is -0.571. The first-order valence-electron chi connectivity index (χ1n) is 3.88. The van der Waals surface area contributed by atoms with Crippen LogP contribution in [0.15, 0.2) is 0 Å². The van der Waals surface area contributed by atoms with Crippen LogP contribution >= 0.6 is 0 Å². The number of rotatable bonds is 3. The van der Waals surface area contributed by atoms with Crippen LogP contribution in [0, 0.1) is 5.92 Å². The van der Waals surface area contributed by atoms with Crippen LogP contribution in [0.3, 0.4) is 0 Å². The van der Waals surface area contributed by atoms with Gasteiger partial charge in [0.05, 0.1) is 6.26 Å². The molecule has 13 heavy (non-hydrogen) atoms. The number of hydrogen-bond donors (Lipinski definition) is 2. The zero-order chi connectivity index (χ0) is 10.1.